The van der Waals surface area contributed by atoms with Crippen LogP contribution in [0.3, 0.4) is 0 Å². The Labute approximate surface area is 137 Å². The van der Waals surface area contributed by atoms with Crippen LogP contribution in [0.5, 0.6) is 0 Å². The third kappa shape index (κ3) is 4.10. The summed E-state index contributed by atoms with van der Waals surface area (Å²) in [6.07, 6.45) is 1.99. The molecule has 3 rings (SSSR count). The van der Waals surface area contributed by atoms with Crippen LogP contribution in [-0.2, 0) is 17.6 Å². The number of aliphatic hydroxyl groups excluding tert-OH is 2. The summed E-state index contributed by atoms with van der Waals surface area (Å²) in [5, 5.41) is 19.1. The maximum atomic E-state index is 12.6. The van der Waals surface area contributed by atoms with Crippen LogP contribution in [0.2, 0.25) is 0 Å². The van der Waals surface area contributed by atoms with Crippen LogP contribution >= 0.6 is 0 Å². The maximum absolute atomic E-state index is 12.6. The average Bonchev–Trinajstić information content (AvgIpc) is 2.83. The number of rotatable bonds is 4. The van der Waals surface area contributed by atoms with Crippen molar-refractivity contribution in [1.29, 1.82) is 0 Å². The molecule has 1 saturated heterocycles. The Bertz CT molecular complexity index is 524. The lowest BCUT2D eigenvalue weighted by atomic mass is 10.0. The summed E-state index contributed by atoms with van der Waals surface area (Å²) in [6.45, 7) is 2.92. The second kappa shape index (κ2) is 7.43. The minimum Gasteiger partial charge on any atom is -0.395 e. The van der Waals surface area contributed by atoms with E-state index in [4.69, 9.17) is 5.11 Å². The van der Waals surface area contributed by atoms with E-state index in [-0.39, 0.29) is 12.5 Å². The van der Waals surface area contributed by atoms with E-state index in [1.54, 1.807) is 4.90 Å². The molecule has 1 aromatic carbocycles. The number of amides is 1. The van der Waals surface area contributed by atoms with Gasteiger partial charge in [0.05, 0.1) is 12.7 Å². The number of aliphatic hydroxyl groups is 2. The van der Waals surface area contributed by atoms with E-state index in [0.29, 0.717) is 45.1 Å². The highest BCUT2D eigenvalue weighted by molar-refractivity contribution is 5.76. The van der Waals surface area contributed by atoms with E-state index in [1.807, 2.05) is 4.90 Å². The number of nitrogens with zero attached hydrogens (tertiary/aromatic N) is 2. The first-order chi connectivity index (χ1) is 11.2. The minimum atomic E-state index is -0.534. The molecule has 1 aliphatic carbocycles. The molecular formula is C18H26N2O3. The van der Waals surface area contributed by atoms with Gasteiger partial charge >= 0.3 is 0 Å². The molecule has 23 heavy (non-hydrogen) atoms. The average molecular weight is 318 g/mol. The van der Waals surface area contributed by atoms with Gasteiger partial charge in [0.15, 0.2) is 0 Å². The van der Waals surface area contributed by atoms with Crippen molar-refractivity contribution in [1.82, 2.24) is 9.80 Å². The fourth-order valence-electron chi connectivity index (χ4n) is 3.80. The van der Waals surface area contributed by atoms with Gasteiger partial charge in [-0.25, -0.2) is 0 Å². The number of hydrogen-bond acceptors (Lipinski definition) is 4. The van der Waals surface area contributed by atoms with Gasteiger partial charge in [-0.15, -0.1) is 0 Å². The molecule has 1 heterocycles. The van der Waals surface area contributed by atoms with E-state index >= 15 is 0 Å². The number of fused-ring (bicyclic) bond motifs is 1. The van der Waals surface area contributed by atoms with E-state index in [1.165, 1.54) is 11.1 Å². The van der Waals surface area contributed by atoms with Gasteiger partial charge in [0.25, 0.3) is 0 Å². The smallest absolute Gasteiger partial charge is 0.223 e. The molecule has 1 fully saturated rings. The third-order valence-corrected chi connectivity index (χ3v) is 4.95. The van der Waals surface area contributed by atoms with Crippen LogP contribution in [-0.4, -0.2) is 71.4 Å². The second-order valence-corrected chi connectivity index (χ2v) is 6.76. The first kappa shape index (κ1) is 16.4. The van der Waals surface area contributed by atoms with Gasteiger partial charge in [-0.3, -0.25) is 9.69 Å². The molecule has 1 aromatic rings. The van der Waals surface area contributed by atoms with Crippen LogP contribution in [0.4, 0.5) is 0 Å². The van der Waals surface area contributed by atoms with Crippen molar-refractivity contribution in [3.8, 4) is 0 Å². The highest BCUT2D eigenvalue weighted by Gasteiger charge is 2.28. The van der Waals surface area contributed by atoms with Crippen LogP contribution in [0.15, 0.2) is 24.3 Å². The number of carbonyl (C=O) groups is 1. The highest BCUT2D eigenvalue weighted by Crippen LogP contribution is 2.29. The predicted octanol–water partition coefficient (Wildman–Crippen LogP) is 0.289. The lowest BCUT2D eigenvalue weighted by Crippen LogP contribution is -2.38. The van der Waals surface area contributed by atoms with Crippen LogP contribution in [0.25, 0.3) is 0 Å². The molecule has 126 valence electrons. The second-order valence-electron chi connectivity index (χ2n) is 6.76. The van der Waals surface area contributed by atoms with Gasteiger partial charge in [-0.2, -0.15) is 0 Å². The molecule has 2 aliphatic rings. The first-order valence-corrected chi connectivity index (χ1v) is 8.51. The SMILES string of the molecule is O=C(CC1Cc2ccccc2C1)N1CCN(CCO)CC(O)C1. The summed E-state index contributed by atoms with van der Waals surface area (Å²) in [6, 6.07) is 8.43. The van der Waals surface area contributed by atoms with E-state index in [2.05, 4.69) is 24.3 Å². The molecule has 5 heteroatoms. The molecule has 0 saturated carbocycles. The molecule has 0 radical (unpaired) electrons. The molecule has 1 unspecified atom stereocenters. The molecule has 0 bridgehead atoms. The summed E-state index contributed by atoms with van der Waals surface area (Å²) in [7, 11) is 0. The van der Waals surface area contributed by atoms with E-state index < -0.39 is 6.10 Å². The van der Waals surface area contributed by atoms with Crippen LogP contribution < -0.4 is 0 Å². The standard InChI is InChI=1S/C18H26N2O3/c21-8-7-19-5-6-20(13-17(22)12-19)18(23)11-14-9-15-3-1-2-4-16(15)10-14/h1-4,14,17,21-22H,5-13H2. The number of hydrogen-bond donors (Lipinski definition) is 2. The number of β-amino-alcohol motifs (C(OH)–C–C–N with tert-alkyl or cyclic N) is 2. The fraction of sp³-hybridized carbons (Fsp3) is 0.611. The van der Waals surface area contributed by atoms with Crippen molar-refractivity contribution in [2.45, 2.75) is 25.4 Å². The molecule has 0 spiro atoms. The quantitative estimate of drug-likeness (QED) is 0.837. The summed E-state index contributed by atoms with van der Waals surface area (Å²) < 4.78 is 0. The van der Waals surface area contributed by atoms with E-state index in [9.17, 15) is 9.90 Å². The predicted molar refractivity (Wildman–Crippen MR) is 88.1 cm³/mol. The molecular weight excluding hydrogens is 292 g/mol. The van der Waals surface area contributed by atoms with Crippen LogP contribution in [0, 0.1) is 5.92 Å². The Morgan fingerprint density at radius 3 is 2.48 bits per heavy atom. The Morgan fingerprint density at radius 2 is 1.83 bits per heavy atom. The van der Waals surface area contributed by atoms with Crippen molar-refractivity contribution in [3.05, 3.63) is 35.4 Å². The molecule has 2 N–H and O–H groups in total. The summed E-state index contributed by atoms with van der Waals surface area (Å²) in [4.78, 5) is 16.4. The van der Waals surface area contributed by atoms with E-state index in [0.717, 1.165) is 12.8 Å². The van der Waals surface area contributed by atoms with Crippen molar-refractivity contribution in [3.63, 3.8) is 0 Å². The fourth-order valence-corrected chi connectivity index (χ4v) is 3.80. The Balaban J connectivity index is 1.54. The van der Waals surface area contributed by atoms with Crippen molar-refractivity contribution in [2.24, 2.45) is 5.92 Å². The normalized spacial score (nSPS) is 22.9. The van der Waals surface area contributed by atoms with Gasteiger partial charge in [-0.1, -0.05) is 24.3 Å². The summed E-state index contributed by atoms with van der Waals surface area (Å²) in [5.41, 5.74) is 2.74. The number of carbonyl (C=O) groups excluding carboxylic acids is 1. The zero-order valence-electron chi connectivity index (χ0n) is 13.5. The lowest BCUT2D eigenvalue weighted by molar-refractivity contribution is -0.133. The number of benzene rings is 1. The van der Waals surface area contributed by atoms with Gasteiger partial charge in [-0.05, 0) is 29.9 Å². The minimum absolute atomic E-state index is 0.0843. The summed E-state index contributed by atoms with van der Waals surface area (Å²) in [5.74, 6) is 0.529. The zero-order valence-corrected chi connectivity index (χ0v) is 13.5. The third-order valence-electron chi connectivity index (χ3n) is 4.95. The molecule has 1 atom stereocenters. The Kier molecular flexibility index (Phi) is 5.30. The first-order valence-electron chi connectivity index (χ1n) is 8.51. The maximum Gasteiger partial charge on any atom is 0.223 e. The lowest BCUT2D eigenvalue weighted by Gasteiger charge is -2.23. The molecule has 1 aliphatic heterocycles. The zero-order chi connectivity index (χ0) is 16.2. The summed E-state index contributed by atoms with van der Waals surface area (Å²) >= 11 is 0. The topological polar surface area (TPSA) is 64.0 Å². The van der Waals surface area contributed by atoms with Gasteiger partial charge in [0.1, 0.15) is 0 Å². The van der Waals surface area contributed by atoms with Gasteiger partial charge in [0.2, 0.25) is 5.91 Å². The monoisotopic (exact) mass is 318 g/mol. The van der Waals surface area contributed by atoms with Crippen LogP contribution in [0.1, 0.15) is 17.5 Å². The molecule has 5 nitrogen and oxygen atoms in total. The van der Waals surface area contributed by atoms with Crippen molar-refractivity contribution in [2.75, 3.05) is 39.3 Å². The van der Waals surface area contributed by atoms with Gasteiger partial charge in [0, 0.05) is 39.1 Å². The largest absolute Gasteiger partial charge is 0.395 e. The highest BCUT2D eigenvalue weighted by atomic mass is 16.3. The van der Waals surface area contributed by atoms with Crippen molar-refractivity contribution < 1.29 is 15.0 Å². The molecule has 1 amide bonds. The van der Waals surface area contributed by atoms with Gasteiger partial charge < -0.3 is 15.1 Å². The Morgan fingerprint density at radius 1 is 1.13 bits per heavy atom. The Hall–Kier alpha value is -1.43. The van der Waals surface area contributed by atoms with Crippen molar-refractivity contribution >= 4 is 5.91 Å². The molecule has 0 aromatic heterocycles.